The Morgan fingerprint density at radius 3 is 2.50 bits per heavy atom. The zero-order valence-corrected chi connectivity index (χ0v) is 19.9. The predicted octanol–water partition coefficient (Wildman–Crippen LogP) is 7.08. The number of carbonyl (C=O) groups is 1. The SMILES string of the molecule is N#Cc1ccc(C(=C(c2ccc(/C=C/C(=O)O)cc2)c2ccc3n[nH]c(F)c3c2)C2CCC2)c(Cl)c1. The number of hydrogen-bond donors (Lipinski definition) is 2. The van der Waals surface area contributed by atoms with Crippen molar-refractivity contribution in [2.24, 2.45) is 5.92 Å². The van der Waals surface area contributed by atoms with Gasteiger partial charge >= 0.3 is 5.97 Å². The van der Waals surface area contributed by atoms with E-state index < -0.39 is 11.9 Å². The van der Waals surface area contributed by atoms with Crippen molar-refractivity contribution in [3.05, 3.63) is 106 Å². The van der Waals surface area contributed by atoms with E-state index in [1.165, 1.54) is 6.08 Å². The molecular formula is C29H21ClFN3O2. The highest BCUT2D eigenvalue weighted by Crippen LogP contribution is 2.47. The van der Waals surface area contributed by atoms with Crippen molar-refractivity contribution in [3.63, 3.8) is 0 Å². The first-order valence-electron chi connectivity index (χ1n) is 11.5. The Labute approximate surface area is 212 Å². The zero-order chi connectivity index (χ0) is 25.2. The lowest BCUT2D eigenvalue weighted by Crippen LogP contribution is -2.15. The van der Waals surface area contributed by atoms with Crippen molar-refractivity contribution < 1.29 is 14.3 Å². The third-order valence-electron chi connectivity index (χ3n) is 6.59. The molecule has 36 heavy (non-hydrogen) atoms. The van der Waals surface area contributed by atoms with Crippen molar-refractivity contribution >= 4 is 45.7 Å². The highest BCUT2D eigenvalue weighted by molar-refractivity contribution is 6.33. The molecule has 0 aliphatic heterocycles. The van der Waals surface area contributed by atoms with Gasteiger partial charge in [0.25, 0.3) is 0 Å². The molecule has 2 N–H and O–H groups in total. The number of carboxylic acids is 1. The van der Waals surface area contributed by atoms with Crippen molar-refractivity contribution in [3.8, 4) is 6.07 Å². The van der Waals surface area contributed by atoms with Crippen LogP contribution in [-0.4, -0.2) is 21.3 Å². The summed E-state index contributed by atoms with van der Waals surface area (Å²) in [5.41, 5.74) is 6.29. The van der Waals surface area contributed by atoms with Crippen LogP contribution in [0, 0.1) is 23.2 Å². The minimum Gasteiger partial charge on any atom is -0.478 e. The average molecular weight is 498 g/mol. The van der Waals surface area contributed by atoms with Crippen LogP contribution >= 0.6 is 11.6 Å². The van der Waals surface area contributed by atoms with E-state index >= 15 is 0 Å². The Morgan fingerprint density at radius 2 is 1.86 bits per heavy atom. The Bertz CT molecular complexity index is 1570. The first kappa shape index (κ1) is 23.5. The summed E-state index contributed by atoms with van der Waals surface area (Å²) in [6.45, 7) is 0. The number of fused-ring (bicyclic) bond motifs is 1. The molecule has 178 valence electrons. The molecule has 7 heteroatoms. The van der Waals surface area contributed by atoms with E-state index in [1.54, 1.807) is 24.3 Å². The number of benzene rings is 3. The molecule has 3 aromatic carbocycles. The molecule has 0 atom stereocenters. The number of aromatic amines is 1. The van der Waals surface area contributed by atoms with Crippen LogP contribution in [0.4, 0.5) is 4.39 Å². The fourth-order valence-corrected chi connectivity index (χ4v) is 4.88. The van der Waals surface area contributed by atoms with Crippen molar-refractivity contribution in [1.82, 2.24) is 10.2 Å². The first-order valence-corrected chi connectivity index (χ1v) is 11.9. The Balaban J connectivity index is 1.77. The molecule has 0 amide bonds. The quantitative estimate of drug-likeness (QED) is 0.220. The summed E-state index contributed by atoms with van der Waals surface area (Å²) in [4.78, 5) is 10.9. The zero-order valence-electron chi connectivity index (χ0n) is 19.1. The van der Waals surface area contributed by atoms with Gasteiger partial charge in [0.15, 0.2) is 0 Å². The molecular weight excluding hydrogens is 477 g/mol. The molecule has 0 spiro atoms. The highest BCUT2D eigenvalue weighted by Gasteiger charge is 2.29. The summed E-state index contributed by atoms with van der Waals surface area (Å²) < 4.78 is 14.5. The molecule has 0 saturated heterocycles. The molecule has 0 unspecified atom stereocenters. The highest BCUT2D eigenvalue weighted by atomic mass is 35.5. The maximum absolute atomic E-state index is 14.5. The molecule has 1 aliphatic rings. The summed E-state index contributed by atoms with van der Waals surface area (Å²) in [6.07, 6.45) is 5.72. The smallest absolute Gasteiger partial charge is 0.328 e. The van der Waals surface area contributed by atoms with Gasteiger partial charge in [0.05, 0.1) is 22.5 Å². The van der Waals surface area contributed by atoms with Crippen molar-refractivity contribution in [1.29, 1.82) is 5.26 Å². The van der Waals surface area contributed by atoms with Gasteiger partial charge in [-0.15, -0.1) is 0 Å². The number of allylic oxidation sites excluding steroid dienone is 1. The number of nitrogens with one attached hydrogen (secondary N) is 1. The van der Waals surface area contributed by atoms with Crippen LogP contribution in [0.2, 0.25) is 5.02 Å². The van der Waals surface area contributed by atoms with Crippen molar-refractivity contribution in [2.45, 2.75) is 19.3 Å². The second-order valence-electron chi connectivity index (χ2n) is 8.79. The van der Waals surface area contributed by atoms with E-state index in [2.05, 4.69) is 16.3 Å². The lowest BCUT2D eigenvalue weighted by atomic mass is 9.73. The van der Waals surface area contributed by atoms with Gasteiger partial charge in [-0.05, 0) is 82.5 Å². The average Bonchev–Trinajstić information content (AvgIpc) is 3.22. The van der Waals surface area contributed by atoms with Gasteiger partial charge in [-0.2, -0.15) is 14.8 Å². The molecule has 0 radical (unpaired) electrons. The van der Waals surface area contributed by atoms with E-state index in [0.717, 1.165) is 58.7 Å². The number of halogens is 2. The number of carboxylic acid groups (broad SMARTS) is 1. The molecule has 1 aliphatic carbocycles. The van der Waals surface area contributed by atoms with Gasteiger partial charge in [0.2, 0.25) is 5.95 Å². The van der Waals surface area contributed by atoms with Gasteiger partial charge in [0.1, 0.15) is 0 Å². The molecule has 5 nitrogen and oxygen atoms in total. The minimum atomic E-state index is -1.02. The third kappa shape index (κ3) is 4.53. The number of nitriles is 1. The summed E-state index contributed by atoms with van der Waals surface area (Å²) in [7, 11) is 0. The fraction of sp³-hybridized carbons (Fsp3) is 0.138. The van der Waals surface area contributed by atoms with Crippen LogP contribution < -0.4 is 0 Å². The normalized spacial score (nSPS) is 14.5. The monoisotopic (exact) mass is 497 g/mol. The second-order valence-corrected chi connectivity index (χ2v) is 9.19. The molecule has 5 rings (SSSR count). The van der Waals surface area contributed by atoms with Crippen LogP contribution in [0.1, 0.15) is 47.1 Å². The minimum absolute atomic E-state index is 0.252. The van der Waals surface area contributed by atoms with E-state index in [-0.39, 0.29) is 5.92 Å². The summed E-state index contributed by atoms with van der Waals surface area (Å²) >= 11 is 6.72. The first-order chi connectivity index (χ1) is 17.4. The predicted molar refractivity (Wildman–Crippen MR) is 139 cm³/mol. The second kappa shape index (κ2) is 9.80. The van der Waals surface area contributed by atoms with E-state index in [1.807, 2.05) is 36.4 Å². The third-order valence-corrected chi connectivity index (χ3v) is 6.90. The molecule has 0 bridgehead atoms. The van der Waals surface area contributed by atoms with Crippen molar-refractivity contribution in [2.75, 3.05) is 0 Å². The number of aromatic nitrogens is 2. The lowest BCUT2D eigenvalue weighted by Gasteiger charge is -2.32. The van der Waals surface area contributed by atoms with E-state index in [9.17, 15) is 14.4 Å². The van der Waals surface area contributed by atoms with Gasteiger partial charge in [0, 0.05) is 11.1 Å². The van der Waals surface area contributed by atoms with Gasteiger partial charge < -0.3 is 5.11 Å². The largest absolute Gasteiger partial charge is 0.478 e. The fourth-order valence-electron chi connectivity index (χ4n) is 4.60. The topological polar surface area (TPSA) is 89.8 Å². The lowest BCUT2D eigenvalue weighted by molar-refractivity contribution is -0.131. The molecule has 1 fully saturated rings. The van der Waals surface area contributed by atoms with E-state index in [0.29, 0.717) is 21.5 Å². The molecule has 4 aromatic rings. The van der Waals surface area contributed by atoms with Gasteiger partial charge in [-0.25, -0.2) is 4.79 Å². The number of H-pyrrole nitrogens is 1. The Morgan fingerprint density at radius 1 is 1.11 bits per heavy atom. The van der Waals surface area contributed by atoms with Gasteiger partial charge in [-0.1, -0.05) is 54.4 Å². The number of nitrogens with zero attached hydrogens (tertiary/aromatic N) is 2. The van der Waals surface area contributed by atoms with E-state index in [4.69, 9.17) is 16.7 Å². The maximum Gasteiger partial charge on any atom is 0.328 e. The number of hydrogen-bond acceptors (Lipinski definition) is 3. The number of aliphatic carboxylic acids is 1. The number of rotatable bonds is 6. The van der Waals surface area contributed by atoms with Crippen LogP contribution in [0.5, 0.6) is 0 Å². The van der Waals surface area contributed by atoms with Crippen LogP contribution in [0.15, 0.2) is 66.7 Å². The Hall–Kier alpha value is -4.21. The Kier molecular flexibility index (Phi) is 6.41. The van der Waals surface area contributed by atoms with Crippen LogP contribution in [-0.2, 0) is 4.79 Å². The van der Waals surface area contributed by atoms with Crippen LogP contribution in [0.25, 0.3) is 28.1 Å². The van der Waals surface area contributed by atoms with Gasteiger partial charge in [-0.3, -0.25) is 5.10 Å². The molecule has 1 aromatic heterocycles. The standard InChI is InChI=1S/C29H21ClFN3O2/c30-24-14-18(16-32)6-11-22(24)28(19-2-1-3-19)27(20-8-4-17(5-9-20)7-13-26(35)36)21-10-12-25-23(15-21)29(31)34-33-25/h4-15,19H,1-3H2,(H,33,34)(H,35,36)/b13-7+,28-27?. The summed E-state index contributed by atoms with van der Waals surface area (Å²) in [5, 5.41) is 25.6. The van der Waals surface area contributed by atoms with Crippen LogP contribution in [0.3, 0.4) is 0 Å². The summed E-state index contributed by atoms with van der Waals surface area (Å²) in [5.74, 6) is -1.26. The summed E-state index contributed by atoms with van der Waals surface area (Å²) in [6, 6.07) is 20.5. The maximum atomic E-state index is 14.5. The molecule has 1 saturated carbocycles. The molecule has 1 heterocycles.